The van der Waals surface area contributed by atoms with E-state index in [1.807, 2.05) is 12.1 Å². The van der Waals surface area contributed by atoms with Crippen LogP contribution < -0.4 is 5.32 Å². The van der Waals surface area contributed by atoms with Crippen molar-refractivity contribution in [3.05, 3.63) is 52.9 Å². The first-order valence-electron chi connectivity index (χ1n) is 11.3. The first-order chi connectivity index (χ1) is 15.5. The monoisotopic (exact) mass is 479 g/mol. The lowest BCUT2D eigenvalue weighted by atomic mass is 10.1. The molecule has 2 fully saturated rings. The van der Waals surface area contributed by atoms with Gasteiger partial charge in [0.25, 0.3) is 5.91 Å². The third-order valence-electron chi connectivity index (χ3n) is 6.29. The highest BCUT2D eigenvalue weighted by Gasteiger charge is 2.29. The molecule has 1 aromatic carbocycles. The Bertz CT molecular complexity index is 1010. The molecule has 9 heteroatoms. The molecule has 1 amide bonds. The fraction of sp³-hybridized carbons (Fsp3) is 0.522. The van der Waals surface area contributed by atoms with Crippen LogP contribution in [-0.2, 0) is 10.0 Å². The number of halogens is 1. The highest BCUT2D eigenvalue weighted by Crippen LogP contribution is 2.28. The summed E-state index contributed by atoms with van der Waals surface area (Å²) in [5, 5.41) is 3.10. The molecule has 32 heavy (non-hydrogen) atoms. The normalized spacial score (nSPS) is 19.5. The lowest BCUT2D eigenvalue weighted by Crippen LogP contribution is -2.36. The molecule has 2 aromatic rings. The predicted molar refractivity (Wildman–Crippen MR) is 123 cm³/mol. The van der Waals surface area contributed by atoms with Gasteiger partial charge in [-0.25, -0.2) is 8.42 Å². The predicted octanol–water partition coefficient (Wildman–Crippen LogP) is 4.06. The molecule has 4 rings (SSSR count). The Hall–Kier alpha value is -1.87. The zero-order valence-electron chi connectivity index (χ0n) is 18.1. The average molecular weight is 480 g/mol. The topological polar surface area (TPSA) is 82.9 Å². The Morgan fingerprint density at radius 2 is 1.72 bits per heavy atom. The summed E-state index contributed by atoms with van der Waals surface area (Å²) in [5.41, 5.74) is 0.280. The van der Waals surface area contributed by atoms with Crippen LogP contribution in [0.15, 0.2) is 45.9 Å². The second-order valence-electron chi connectivity index (χ2n) is 8.45. The number of likely N-dealkylation sites (tertiary alicyclic amines) is 1. The quantitative estimate of drug-likeness (QED) is 0.647. The standard InChI is InChI=1S/C23H30ClN3O4S/c24-19-10-9-18(16-22(19)32(29,30)27-13-3-1-2-4-14-27)23(28)25-17-20(21-8-7-15-31-21)26-11-5-6-12-26/h7-10,15-16,20H,1-6,11-14,17H2,(H,25,28)/t20-/m0/s1. The molecule has 3 heterocycles. The van der Waals surface area contributed by atoms with Crippen molar-refractivity contribution in [2.45, 2.75) is 49.5 Å². The summed E-state index contributed by atoms with van der Waals surface area (Å²) >= 11 is 6.27. The molecular weight excluding hydrogens is 450 g/mol. The van der Waals surface area contributed by atoms with Crippen LogP contribution in [0.25, 0.3) is 0 Å². The van der Waals surface area contributed by atoms with Gasteiger partial charge in [-0.3, -0.25) is 9.69 Å². The van der Waals surface area contributed by atoms with Crippen molar-refractivity contribution in [3.63, 3.8) is 0 Å². The SMILES string of the molecule is O=C(NC[C@@H](c1ccco1)N1CCCC1)c1ccc(Cl)c(S(=O)(=O)N2CCCCCC2)c1. The molecule has 0 aliphatic carbocycles. The van der Waals surface area contributed by atoms with E-state index in [-0.39, 0.29) is 27.4 Å². The molecule has 0 unspecified atom stereocenters. The summed E-state index contributed by atoms with van der Waals surface area (Å²) in [5.74, 6) is 0.484. The van der Waals surface area contributed by atoms with Crippen LogP contribution in [0.3, 0.4) is 0 Å². The van der Waals surface area contributed by atoms with E-state index in [2.05, 4.69) is 10.2 Å². The third-order valence-corrected chi connectivity index (χ3v) is 8.67. The smallest absolute Gasteiger partial charge is 0.251 e. The summed E-state index contributed by atoms with van der Waals surface area (Å²) in [4.78, 5) is 15.2. The number of carbonyl (C=O) groups is 1. The van der Waals surface area contributed by atoms with Crippen molar-refractivity contribution in [2.24, 2.45) is 0 Å². The number of carbonyl (C=O) groups excluding carboxylic acids is 1. The maximum absolute atomic E-state index is 13.2. The van der Waals surface area contributed by atoms with Gasteiger partial charge >= 0.3 is 0 Å². The number of rotatable bonds is 7. The van der Waals surface area contributed by atoms with Gasteiger partial charge in [0.1, 0.15) is 10.7 Å². The molecule has 7 nitrogen and oxygen atoms in total. The molecule has 0 bridgehead atoms. The first kappa shape index (κ1) is 23.3. The Morgan fingerprint density at radius 3 is 2.38 bits per heavy atom. The number of amides is 1. The Labute approximate surface area is 194 Å². The fourth-order valence-electron chi connectivity index (χ4n) is 4.50. The van der Waals surface area contributed by atoms with E-state index >= 15 is 0 Å². The maximum atomic E-state index is 13.2. The van der Waals surface area contributed by atoms with E-state index in [0.717, 1.165) is 57.4 Å². The van der Waals surface area contributed by atoms with Gasteiger partial charge in [0.05, 0.1) is 17.3 Å². The lowest BCUT2D eigenvalue weighted by Gasteiger charge is -2.26. The Morgan fingerprint density at radius 1 is 1.03 bits per heavy atom. The number of nitrogens with one attached hydrogen (secondary N) is 1. The van der Waals surface area contributed by atoms with Crippen molar-refractivity contribution in [2.75, 3.05) is 32.7 Å². The minimum Gasteiger partial charge on any atom is -0.468 e. The van der Waals surface area contributed by atoms with Crippen LogP contribution in [0.1, 0.15) is 60.7 Å². The van der Waals surface area contributed by atoms with Gasteiger partial charge in [0, 0.05) is 25.2 Å². The van der Waals surface area contributed by atoms with E-state index in [9.17, 15) is 13.2 Å². The van der Waals surface area contributed by atoms with Gasteiger partial charge in [0.15, 0.2) is 0 Å². The number of hydrogen-bond donors (Lipinski definition) is 1. The largest absolute Gasteiger partial charge is 0.468 e. The van der Waals surface area contributed by atoms with Crippen LogP contribution in [0.4, 0.5) is 0 Å². The van der Waals surface area contributed by atoms with E-state index in [1.165, 1.54) is 16.4 Å². The number of sulfonamides is 1. The minimum atomic E-state index is -3.75. The van der Waals surface area contributed by atoms with E-state index < -0.39 is 10.0 Å². The van der Waals surface area contributed by atoms with Gasteiger partial charge in [0.2, 0.25) is 10.0 Å². The minimum absolute atomic E-state index is 0.00385. The van der Waals surface area contributed by atoms with Crippen LogP contribution in [0.5, 0.6) is 0 Å². The lowest BCUT2D eigenvalue weighted by molar-refractivity contribution is 0.0933. The molecule has 1 atom stereocenters. The molecule has 174 valence electrons. The van der Waals surface area contributed by atoms with Crippen LogP contribution in [0.2, 0.25) is 5.02 Å². The second kappa shape index (κ2) is 10.4. The van der Waals surface area contributed by atoms with Crippen LogP contribution in [0, 0.1) is 0 Å². The molecule has 1 N–H and O–H groups in total. The summed E-state index contributed by atoms with van der Waals surface area (Å²) in [6, 6.07) is 8.17. The summed E-state index contributed by atoms with van der Waals surface area (Å²) in [6.45, 7) is 3.26. The summed E-state index contributed by atoms with van der Waals surface area (Å²) in [7, 11) is -3.75. The average Bonchev–Trinajstić information content (AvgIpc) is 3.44. The zero-order valence-corrected chi connectivity index (χ0v) is 19.7. The molecule has 0 saturated carbocycles. The van der Waals surface area contributed by atoms with Gasteiger partial charge in [-0.2, -0.15) is 4.31 Å². The molecule has 0 radical (unpaired) electrons. The Kier molecular flexibility index (Phi) is 7.55. The number of nitrogens with zero attached hydrogens (tertiary/aromatic N) is 2. The van der Waals surface area contributed by atoms with E-state index in [0.29, 0.717) is 19.6 Å². The summed E-state index contributed by atoms with van der Waals surface area (Å²) in [6.07, 6.45) is 7.61. The number of benzene rings is 1. The summed E-state index contributed by atoms with van der Waals surface area (Å²) < 4.78 is 33.5. The van der Waals surface area contributed by atoms with Gasteiger partial charge in [-0.05, 0) is 69.1 Å². The molecule has 0 spiro atoms. The molecule has 2 saturated heterocycles. The van der Waals surface area contributed by atoms with Crippen molar-refractivity contribution in [1.29, 1.82) is 0 Å². The van der Waals surface area contributed by atoms with Crippen molar-refractivity contribution in [1.82, 2.24) is 14.5 Å². The van der Waals surface area contributed by atoms with Crippen LogP contribution in [-0.4, -0.2) is 56.3 Å². The van der Waals surface area contributed by atoms with Crippen molar-refractivity contribution in [3.8, 4) is 0 Å². The molecule has 2 aliphatic heterocycles. The molecular formula is C23H30ClN3O4S. The van der Waals surface area contributed by atoms with Gasteiger partial charge in [-0.15, -0.1) is 0 Å². The second-order valence-corrected chi connectivity index (χ2v) is 10.8. The molecule has 2 aliphatic rings. The highest BCUT2D eigenvalue weighted by molar-refractivity contribution is 7.89. The number of furan rings is 1. The van der Waals surface area contributed by atoms with Crippen LogP contribution >= 0.6 is 11.6 Å². The van der Waals surface area contributed by atoms with Crippen molar-refractivity contribution >= 4 is 27.5 Å². The zero-order chi connectivity index (χ0) is 22.6. The highest BCUT2D eigenvalue weighted by atomic mass is 35.5. The van der Waals surface area contributed by atoms with E-state index in [4.69, 9.17) is 16.0 Å². The number of hydrogen-bond acceptors (Lipinski definition) is 5. The molecule has 1 aromatic heterocycles. The maximum Gasteiger partial charge on any atom is 0.251 e. The van der Waals surface area contributed by atoms with Gasteiger partial charge in [-0.1, -0.05) is 24.4 Å². The fourth-order valence-corrected chi connectivity index (χ4v) is 6.52. The third kappa shape index (κ3) is 5.20. The van der Waals surface area contributed by atoms with E-state index in [1.54, 1.807) is 12.3 Å². The van der Waals surface area contributed by atoms with Gasteiger partial charge < -0.3 is 9.73 Å². The Balaban J connectivity index is 1.50. The first-order valence-corrected chi connectivity index (χ1v) is 13.1. The van der Waals surface area contributed by atoms with Crippen molar-refractivity contribution < 1.29 is 17.6 Å².